The number of rotatable bonds is 3. The van der Waals surface area contributed by atoms with Crippen molar-refractivity contribution in [3.05, 3.63) is 28.2 Å². The maximum atomic E-state index is 6.17. The molecular formula is C11H16ClN5. The number of anilines is 1. The van der Waals surface area contributed by atoms with Crippen molar-refractivity contribution in [1.29, 1.82) is 0 Å². The molecule has 2 heterocycles. The van der Waals surface area contributed by atoms with E-state index in [9.17, 15) is 0 Å². The predicted octanol–water partition coefficient (Wildman–Crippen LogP) is 2.04. The molecule has 0 spiro atoms. The summed E-state index contributed by atoms with van der Waals surface area (Å²) in [5.41, 5.74) is 2.93. The van der Waals surface area contributed by atoms with Gasteiger partial charge in [0, 0.05) is 25.9 Å². The zero-order valence-corrected chi connectivity index (χ0v) is 11.2. The molecule has 2 rings (SSSR count). The van der Waals surface area contributed by atoms with Crippen LogP contribution in [-0.2, 0) is 20.6 Å². The van der Waals surface area contributed by atoms with Gasteiger partial charge in [0.2, 0.25) is 0 Å². The van der Waals surface area contributed by atoms with Crippen molar-refractivity contribution in [2.45, 2.75) is 20.4 Å². The van der Waals surface area contributed by atoms with Gasteiger partial charge in [0.25, 0.3) is 0 Å². The lowest BCUT2D eigenvalue weighted by atomic mass is 10.3. The second kappa shape index (κ2) is 4.41. The minimum atomic E-state index is 0.618. The Kier molecular flexibility index (Phi) is 3.11. The summed E-state index contributed by atoms with van der Waals surface area (Å²) in [6.07, 6.45) is 0. The molecule has 17 heavy (non-hydrogen) atoms. The molecule has 0 unspecified atom stereocenters. The predicted molar refractivity (Wildman–Crippen MR) is 68.2 cm³/mol. The minimum absolute atomic E-state index is 0.618. The molecule has 0 saturated heterocycles. The van der Waals surface area contributed by atoms with Crippen LogP contribution in [0.3, 0.4) is 0 Å². The number of hydrogen-bond acceptors (Lipinski definition) is 3. The molecule has 0 aliphatic rings. The molecule has 0 saturated carbocycles. The molecule has 1 N–H and O–H groups in total. The van der Waals surface area contributed by atoms with E-state index in [0.717, 1.165) is 22.9 Å². The van der Waals surface area contributed by atoms with Gasteiger partial charge >= 0.3 is 0 Å². The largest absolute Gasteiger partial charge is 0.363 e. The maximum Gasteiger partial charge on any atom is 0.148 e. The lowest BCUT2D eigenvalue weighted by Crippen LogP contribution is -2.06. The molecule has 0 aromatic carbocycles. The van der Waals surface area contributed by atoms with E-state index in [1.54, 1.807) is 4.68 Å². The summed E-state index contributed by atoms with van der Waals surface area (Å²) in [6, 6.07) is 2.00. The standard InChI is InChI=1S/C11H16ClN5/c1-7-5-10(15-16(7)3)13-6-9-11(12)8(2)14-17(9)4/h5H,6H2,1-4H3,(H,13,15). The Morgan fingerprint density at radius 1 is 1.24 bits per heavy atom. The van der Waals surface area contributed by atoms with Crippen LogP contribution in [0.5, 0.6) is 0 Å². The fourth-order valence-corrected chi connectivity index (χ4v) is 1.92. The highest BCUT2D eigenvalue weighted by Gasteiger charge is 2.11. The zero-order chi connectivity index (χ0) is 12.6. The van der Waals surface area contributed by atoms with Gasteiger partial charge in [0.1, 0.15) is 5.82 Å². The fourth-order valence-electron chi connectivity index (χ4n) is 1.69. The van der Waals surface area contributed by atoms with Crippen molar-refractivity contribution in [1.82, 2.24) is 19.6 Å². The molecule has 0 aliphatic heterocycles. The molecule has 0 aliphatic carbocycles. The Morgan fingerprint density at radius 2 is 1.94 bits per heavy atom. The quantitative estimate of drug-likeness (QED) is 0.911. The number of nitrogens with one attached hydrogen (secondary N) is 1. The molecule has 0 atom stereocenters. The smallest absolute Gasteiger partial charge is 0.148 e. The summed E-state index contributed by atoms with van der Waals surface area (Å²) in [6.45, 7) is 4.53. The highest BCUT2D eigenvalue weighted by Crippen LogP contribution is 2.20. The normalized spacial score (nSPS) is 10.9. The van der Waals surface area contributed by atoms with Crippen LogP contribution in [0.15, 0.2) is 6.07 Å². The first-order valence-corrected chi connectivity index (χ1v) is 5.79. The SMILES string of the molecule is Cc1nn(C)c(CNc2cc(C)n(C)n2)c1Cl. The molecule has 0 fully saturated rings. The van der Waals surface area contributed by atoms with E-state index < -0.39 is 0 Å². The first-order chi connectivity index (χ1) is 7.99. The van der Waals surface area contributed by atoms with Gasteiger partial charge in [0.05, 0.1) is 23.0 Å². The average molecular weight is 254 g/mol. The average Bonchev–Trinajstić information content (AvgIpc) is 2.69. The first-order valence-electron chi connectivity index (χ1n) is 5.41. The topological polar surface area (TPSA) is 47.7 Å². The number of aryl methyl sites for hydroxylation is 4. The van der Waals surface area contributed by atoms with Gasteiger partial charge in [-0.2, -0.15) is 10.2 Å². The Balaban J connectivity index is 2.12. The number of aromatic nitrogens is 4. The van der Waals surface area contributed by atoms with Crippen LogP contribution in [0.25, 0.3) is 0 Å². The van der Waals surface area contributed by atoms with Crippen molar-refractivity contribution in [3.8, 4) is 0 Å². The second-order valence-corrected chi connectivity index (χ2v) is 4.50. The van der Waals surface area contributed by atoms with Crippen LogP contribution in [0, 0.1) is 13.8 Å². The van der Waals surface area contributed by atoms with Gasteiger partial charge in [-0.25, -0.2) is 0 Å². The van der Waals surface area contributed by atoms with E-state index in [1.165, 1.54) is 0 Å². The molecule has 2 aromatic heterocycles. The molecule has 5 nitrogen and oxygen atoms in total. The maximum absolute atomic E-state index is 6.17. The van der Waals surface area contributed by atoms with Crippen molar-refractivity contribution >= 4 is 17.4 Å². The fraction of sp³-hybridized carbons (Fsp3) is 0.455. The van der Waals surface area contributed by atoms with Crippen LogP contribution >= 0.6 is 11.6 Å². The Morgan fingerprint density at radius 3 is 2.41 bits per heavy atom. The molecule has 0 bridgehead atoms. The summed E-state index contributed by atoms with van der Waals surface area (Å²) >= 11 is 6.17. The number of nitrogens with zero attached hydrogens (tertiary/aromatic N) is 4. The van der Waals surface area contributed by atoms with Gasteiger partial charge in [-0.15, -0.1) is 0 Å². The highest BCUT2D eigenvalue weighted by atomic mass is 35.5. The Labute approximate surface area is 105 Å². The van der Waals surface area contributed by atoms with Gasteiger partial charge in [-0.05, 0) is 13.8 Å². The van der Waals surface area contributed by atoms with Crippen LogP contribution in [0.2, 0.25) is 5.02 Å². The molecule has 0 amide bonds. The van der Waals surface area contributed by atoms with Crippen LogP contribution in [0.1, 0.15) is 17.1 Å². The van der Waals surface area contributed by atoms with E-state index >= 15 is 0 Å². The lowest BCUT2D eigenvalue weighted by molar-refractivity contribution is 0.709. The zero-order valence-electron chi connectivity index (χ0n) is 10.5. The van der Waals surface area contributed by atoms with Gasteiger partial charge in [-0.1, -0.05) is 11.6 Å². The monoisotopic (exact) mass is 253 g/mol. The molecule has 2 aromatic rings. The third-order valence-electron chi connectivity index (χ3n) is 2.81. The third kappa shape index (κ3) is 2.29. The van der Waals surface area contributed by atoms with Crippen molar-refractivity contribution in [2.75, 3.05) is 5.32 Å². The highest BCUT2D eigenvalue weighted by molar-refractivity contribution is 6.31. The molecule has 92 valence electrons. The van der Waals surface area contributed by atoms with E-state index in [1.807, 2.05) is 38.7 Å². The van der Waals surface area contributed by atoms with Gasteiger partial charge < -0.3 is 5.32 Å². The van der Waals surface area contributed by atoms with Crippen molar-refractivity contribution < 1.29 is 0 Å². The summed E-state index contributed by atoms with van der Waals surface area (Å²) in [5, 5.41) is 12.5. The number of halogens is 1. The number of hydrogen-bond donors (Lipinski definition) is 1. The summed E-state index contributed by atoms with van der Waals surface area (Å²) in [5.74, 6) is 0.847. The summed E-state index contributed by atoms with van der Waals surface area (Å²) in [4.78, 5) is 0. The molecule has 6 heteroatoms. The van der Waals surface area contributed by atoms with E-state index in [-0.39, 0.29) is 0 Å². The van der Waals surface area contributed by atoms with Gasteiger partial charge in [0.15, 0.2) is 0 Å². The van der Waals surface area contributed by atoms with Crippen molar-refractivity contribution in [3.63, 3.8) is 0 Å². The Hall–Kier alpha value is -1.49. The molecular weight excluding hydrogens is 238 g/mol. The van der Waals surface area contributed by atoms with E-state index in [4.69, 9.17) is 11.6 Å². The first kappa shape index (κ1) is 12.0. The summed E-state index contributed by atoms with van der Waals surface area (Å²) < 4.78 is 3.62. The van der Waals surface area contributed by atoms with Crippen LogP contribution in [0.4, 0.5) is 5.82 Å². The van der Waals surface area contributed by atoms with E-state index in [0.29, 0.717) is 11.6 Å². The summed E-state index contributed by atoms with van der Waals surface area (Å²) in [7, 11) is 3.81. The van der Waals surface area contributed by atoms with Crippen LogP contribution < -0.4 is 5.32 Å². The second-order valence-electron chi connectivity index (χ2n) is 4.12. The minimum Gasteiger partial charge on any atom is -0.363 e. The Bertz CT molecular complexity index is 521. The van der Waals surface area contributed by atoms with Gasteiger partial charge in [-0.3, -0.25) is 9.36 Å². The third-order valence-corrected chi connectivity index (χ3v) is 3.30. The molecule has 0 radical (unpaired) electrons. The van der Waals surface area contributed by atoms with Crippen molar-refractivity contribution in [2.24, 2.45) is 14.1 Å². The van der Waals surface area contributed by atoms with Crippen LogP contribution in [-0.4, -0.2) is 19.6 Å². The van der Waals surface area contributed by atoms with E-state index in [2.05, 4.69) is 15.5 Å². The lowest BCUT2D eigenvalue weighted by Gasteiger charge is -2.04.